The lowest BCUT2D eigenvalue weighted by atomic mass is 10.3. The monoisotopic (exact) mass is 251 g/mol. The van der Waals surface area contributed by atoms with E-state index in [0.717, 1.165) is 0 Å². The first kappa shape index (κ1) is 11.3. The minimum absolute atomic E-state index is 0.0831. The number of hydrogen-bond acceptors (Lipinski definition) is 7. The van der Waals surface area contributed by atoms with Gasteiger partial charge in [0.25, 0.3) is 0 Å². The van der Waals surface area contributed by atoms with Crippen molar-refractivity contribution in [3.63, 3.8) is 0 Å². The van der Waals surface area contributed by atoms with Crippen LogP contribution in [-0.4, -0.2) is 50.6 Å². The van der Waals surface area contributed by atoms with Gasteiger partial charge in [-0.05, 0) is 0 Å². The van der Waals surface area contributed by atoms with Crippen LogP contribution in [0, 0.1) is 0 Å². The minimum atomic E-state index is -0.366. The highest BCUT2D eigenvalue weighted by Crippen LogP contribution is 2.23. The Kier molecular flexibility index (Phi) is 2.82. The summed E-state index contributed by atoms with van der Waals surface area (Å²) in [6.45, 7) is 0.683. The fourth-order valence-corrected chi connectivity index (χ4v) is 1.92. The molecule has 0 bridgehead atoms. The molecule has 0 spiro atoms. The molecule has 3 N–H and O–H groups in total. The van der Waals surface area contributed by atoms with Crippen LogP contribution in [0.1, 0.15) is 6.23 Å². The van der Waals surface area contributed by atoms with Crippen molar-refractivity contribution < 1.29 is 14.6 Å². The lowest BCUT2D eigenvalue weighted by Crippen LogP contribution is -2.36. The van der Waals surface area contributed by atoms with Crippen molar-refractivity contribution >= 4 is 17.0 Å². The standard InChI is InChI=1S/C10H13N5O3/c11-9-8-10(13-4-12-9)15(5-14-8)7-3-17-2-6(1-16)18-7/h4-7,16H,1-3H2,(H2,11,12,13)/t6?,7-/m1/s1. The van der Waals surface area contributed by atoms with Crippen LogP contribution in [0.2, 0.25) is 0 Å². The third-order valence-electron chi connectivity index (χ3n) is 2.81. The van der Waals surface area contributed by atoms with E-state index >= 15 is 0 Å². The molecule has 1 saturated heterocycles. The molecule has 0 aliphatic carbocycles. The van der Waals surface area contributed by atoms with Gasteiger partial charge in [0.05, 0.1) is 26.1 Å². The van der Waals surface area contributed by atoms with Crippen molar-refractivity contribution in [1.29, 1.82) is 0 Å². The Morgan fingerprint density at radius 3 is 3.11 bits per heavy atom. The van der Waals surface area contributed by atoms with Crippen LogP contribution < -0.4 is 5.73 Å². The van der Waals surface area contributed by atoms with Gasteiger partial charge in [-0.3, -0.25) is 4.57 Å². The first-order chi connectivity index (χ1) is 8.79. The average Bonchev–Trinajstić information content (AvgIpc) is 2.84. The fraction of sp³-hybridized carbons (Fsp3) is 0.500. The van der Waals surface area contributed by atoms with Crippen molar-refractivity contribution in [2.75, 3.05) is 25.6 Å². The van der Waals surface area contributed by atoms with Crippen molar-refractivity contribution in [2.45, 2.75) is 12.3 Å². The van der Waals surface area contributed by atoms with Crippen molar-refractivity contribution in [3.05, 3.63) is 12.7 Å². The maximum absolute atomic E-state index is 9.09. The van der Waals surface area contributed by atoms with Gasteiger partial charge >= 0.3 is 0 Å². The molecular weight excluding hydrogens is 238 g/mol. The number of aliphatic hydroxyl groups is 1. The summed E-state index contributed by atoms with van der Waals surface area (Å²) in [5, 5.41) is 9.09. The van der Waals surface area contributed by atoms with Crippen molar-refractivity contribution in [2.24, 2.45) is 0 Å². The van der Waals surface area contributed by atoms with Gasteiger partial charge in [0.1, 0.15) is 17.9 Å². The summed E-state index contributed by atoms with van der Waals surface area (Å²) in [6.07, 6.45) is 2.27. The van der Waals surface area contributed by atoms with E-state index in [9.17, 15) is 0 Å². The van der Waals surface area contributed by atoms with Crippen molar-refractivity contribution in [1.82, 2.24) is 19.5 Å². The van der Waals surface area contributed by atoms with Crippen LogP contribution in [0.25, 0.3) is 11.2 Å². The zero-order chi connectivity index (χ0) is 12.5. The normalized spacial score (nSPS) is 24.5. The highest BCUT2D eigenvalue weighted by molar-refractivity contribution is 5.81. The Morgan fingerprint density at radius 1 is 1.39 bits per heavy atom. The third kappa shape index (κ3) is 1.80. The number of nitrogens with zero attached hydrogens (tertiary/aromatic N) is 4. The maximum atomic E-state index is 9.09. The molecule has 1 fully saturated rings. The van der Waals surface area contributed by atoms with Gasteiger partial charge < -0.3 is 20.3 Å². The van der Waals surface area contributed by atoms with E-state index in [4.69, 9.17) is 20.3 Å². The van der Waals surface area contributed by atoms with Gasteiger partial charge in [-0.1, -0.05) is 0 Å². The van der Waals surface area contributed by atoms with E-state index in [2.05, 4.69) is 15.0 Å². The Labute approximate surface area is 102 Å². The number of ether oxygens (including phenoxy) is 2. The smallest absolute Gasteiger partial charge is 0.167 e. The van der Waals surface area contributed by atoms with Crippen LogP contribution >= 0.6 is 0 Å². The molecule has 8 nitrogen and oxygen atoms in total. The van der Waals surface area contributed by atoms with E-state index in [1.165, 1.54) is 6.33 Å². The molecule has 96 valence electrons. The molecule has 3 heterocycles. The Balaban J connectivity index is 1.96. The topological polar surface area (TPSA) is 108 Å². The first-order valence-electron chi connectivity index (χ1n) is 5.56. The molecular formula is C10H13N5O3. The van der Waals surface area contributed by atoms with Gasteiger partial charge in [0, 0.05) is 0 Å². The first-order valence-corrected chi connectivity index (χ1v) is 5.56. The second kappa shape index (κ2) is 4.48. The average molecular weight is 251 g/mol. The number of aliphatic hydroxyl groups excluding tert-OH is 1. The van der Waals surface area contributed by atoms with Crippen LogP contribution in [0.4, 0.5) is 5.82 Å². The summed E-state index contributed by atoms with van der Waals surface area (Å²) >= 11 is 0. The molecule has 1 unspecified atom stereocenters. The number of imidazole rings is 1. The van der Waals surface area contributed by atoms with E-state index < -0.39 is 0 Å². The molecule has 0 saturated carbocycles. The summed E-state index contributed by atoms with van der Waals surface area (Å²) in [4.78, 5) is 12.2. The lowest BCUT2D eigenvalue weighted by molar-refractivity contribution is -0.177. The SMILES string of the molecule is Nc1ncnc2c1ncn2[C@H]1COCC(CO)O1. The van der Waals surface area contributed by atoms with Gasteiger partial charge in [-0.25, -0.2) is 15.0 Å². The van der Waals surface area contributed by atoms with Crippen molar-refractivity contribution in [3.8, 4) is 0 Å². The molecule has 2 aromatic heterocycles. The molecule has 0 aromatic carbocycles. The molecule has 2 aromatic rings. The molecule has 1 aliphatic rings. The van der Waals surface area contributed by atoms with Gasteiger partial charge in [-0.2, -0.15) is 0 Å². The number of anilines is 1. The molecule has 8 heteroatoms. The lowest BCUT2D eigenvalue weighted by Gasteiger charge is -2.29. The molecule has 3 rings (SSSR count). The van der Waals surface area contributed by atoms with E-state index in [0.29, 0.717) is 30.2 Å². The third-order valence-corrected chi connectivity index (χ3v) is 2.81. The van der Waals surface area contributed by atoms with Crippen LogP contribution in [0.15, 0.2) is 12.7 Å². The highest BCUT2D eigenvalue weighted by Gasteiger charge is 2.25. The summed E-state index contributed by atoms with van der Waals surface area (Å²) in [6, 6.07) is 0. The number of rotatable bonds is 2. The Morgan fingerprint density at radius 2 is 2.28 bits per heavy atom. The highest BCUT2D eigenvalue weighted by atomic mass is 16.6. The molecule has 0 amide bonds. The molecule has 1 aliphatic heterocycles. The summed E-state index contributed by atoms with van der Waals surface area (Å²) in [5.41, 5.74) is 6.84. The second-order valence-electron chi connectivity index (χ2n) is 4.02. The predicted octanol–water partition coefficient (Wildman–Crippen LogP) is -0.685. The number of fused-ring (bicyclic) bond motifs is 1. The summed E-state index contributed by atoms with van der Waals surface area (Å²) in [5.74, 6) is 0.328. The van der Waals surface area contributed by atoms with E-state index in [1.54, 1.807) is 10.9 Å². The number of aromatic nitrogens is 4. The van der Waals surface area contributed by atoms with Crippen LogP contribution in [0.5, 0.6) is 0 Å². The summed E-state index contributed by atoms with van der Waals surface area (Å²) < 4.78 is 12.8. The molecule has 18 heavy (non-hydrogen) atoms. The van der Waals surface area contributed by atoms with E-state index in [1.807, 2.05) is 0 Å². The minimum Gasteiger partial charge on any atom is -0.394 e. The summed E-state index contributed by atoms with van der Waals surface area (Å²) in [7, 11) is 0. The van der Waals surface area contributed by atoms with Gasteiger partial charge in [-0.15, -0.1) is 0 Å². The zero-order valence-electron chi connectivity index (χ0n) is 9.56. The fourth-order valence-electron chi connectivity index (χ4n) is 1.92. The number of hydrogen-bond donors (Lipinski definition) is 2. The van der Waals surface area contributed by atoms with Gasteiger partial charge in [0.15, 0.2) is 17.7 Å². The number of nitrogens with two attached hydrogens (primary N) is 1. The van der Waals surface area contributed by atoms with Gasteiger partial charge in [0.2, 0.25) is 0 Å². The zero-order valence-corrected chi connectivity index (χ0v) is 9.56. The van der Waals surface area contributed by atoms with Crippen LogP contribution in [-0.2, 0) is 9.47 Å². The second-order valence-corrected chi connectivity index (χ2v) is 4.02. The molecule has 0 radical (unpaired) electrons. The largest absolute Gasteiger partial charge is 0.394 e. The maximum Gasteiger partial charge on any atom is 0.167 e. The predicted molar refractivity (Wildman–Crippen MR) is 61.6 cm³/mol. The molecule has 2 atom stereocenters. The number of nitrogen functional groups attached to an aromatic ring is 1. The van der Waals surface area contributed by atoms with Crippen LogP contribution in [0.3, 0.4) is 0 Å². The van der Waals surface area contributed by atoms with E-state index in [-0.39, 0.29) is 18.9 Å². The Bertz CT molecular complexity index is 557. The Hall–Kier alpha value is -1.77. The quantitative estimate of drug-likeness (QED) is 0.727.